The molecule has 0 radical (unpaired) electrons. The van der Waals surface area contributed by atoms with Gasteiger partial charge in [-0.05, 0) is 50.3 Å². The SMILES string of the molecule is CN(C)CCN1CC[C@H](c2ccc(Nc3nc(-c4c(F)cccc4F)nc4c3C(=O)NC4)cc2)C1=O. The van der Waals surface area contributed by atoms with Crippen LogP contribution in [0.2, 0.25) is 0 Å². The molecule has 0 aliphatic carbocycles. The van der Waals surface area contributed by atoms with Gasteiger partial charge in [-0.3, -0.25) is 9.59 Å². The van der Waals surface area contributed by atoms with E-state index in [1.165, 1.54) is 6.07 Å². The predicted octanol–water partition coefficient (Wildman–Crippen LogP) is 3.29. The number of benzene rings is 2. The molecule has 0 spiro atoms. The van der Waals surface area contributed by atoms with Crippen LogP contribution in [0.3, 0.4) is 0 Å². The third kappa shape index (κ3) is 4.51. The fourth-order valence-electron chi connectivity index (χ4n) is 4.57. The Labute approximate surface area is 207 Å². The minimum atomic E-state index is -0.789. The zero-order chi connectivity index (χ0) is 25.4. The number of carbonyl (C=O) groups excluding carboxylic acids is 2. The smallest absolute Gasteiger partial charge is 0.257 e. The first kappa shape index (κ1) is 23.8. The van der Waals surface area contributed by atoms with Crippen molar-refractivity contribution in [2.75, 3.05) is 39.0 Å². The first-order chi connectivity index (χ1) is 17.3. The molecule has 186 valence electrons. The Morgan fingerprint density at radius 3 is 2.47 bits per heavy atom. The van der Waals surface area contributed by atoms with Gasteiger partial charge in [0.25, 0.3) is 5.91 Å². The van der Waals surface area contributed by atoms with Crippen molar-refractivity contribution in [2.45, 2.75) is 18.9 Å². The quantitative estimate of drug-likeness (QED) is 0.526. The highest BCUT2D eigenvalue weighted by Gasteiger charge is 2.32. The van der Waals surface area contributed by atoms with Crippen molar-refractivity contribution >= 4 is 23.3 Å². The molecule has 3 aromatic rings. The fraction of sp³-hybridized carbons (Fsp3) is 0.308. The second-order valence-electron chi connectivity index (χ2n) is 9.21. The van der Waals surface area contributed by atoms with E-state index < -0.39 is 11.6 Å². The number of nitrogens with one attached hydrogen (secondary N) is 2. The molecule has 2 amide bonds. The van der Waals surface area contributed by atoms with Crippen LogP contribution in [0.15, 0.2) is 42.5 Å². The zero-order valence-electron chi connectivity index (χ0n) is 20.0. The van der Waals surface area contributed by atoms with Crippen molar-refractivity contribution in [3.05, 3.63) is 70.9 Å². The lowest BCUT2D eigenvalue weighted by molar-refractivity contribution is -0.129. The molecule has 1 aromatic heterocycles. The zero-order valence-corrected chi connectivity index (χ0v) is 20.0. The van der Waals surface area contributed by atoms with Gasteiger partial charge in [0.2, 0.25) is 5.91 Å². The summed E-state index contributed by atoms with van der Waals surface area (Å²) in [7, 11) is 3.96. The summed E-state index contributed by atoms with van der Waals surface area (Å²) in [6, 6.07) is 10.9. The van der Waals surface area contributed by atoms with Crippen LogP contribution in [-0.4, -0.2) is 65.3 Å². The standard InChI is InChI=1S/C26H26F2N6O2/c1-33(2)12-13-34-11-10-17(26(34)36)15-6-8-16(9-7-15)30-24-22-20(14-29-25(22)35)31-23(32-24)21-18(27)4-3-5-19(21)28/h3-9,17H,10-14H2,1-2H3,(H,29,35)(H,30,31,32)/t17-/m1/s1. The van der Waals surface area contributed by atoms with Gasteiger partial charge >= 0.3 is 0 Å². The van der Waals surface area contributed by atoms with Gasteiger partial charge in [0.05, 0.1) is 23.7 Å². The fourth-order valence-corrected chi connectivity index (χ4v) is 4.57. The number of rotatable bonds is 7. The average Bonchev–Trinajstić information content (AvgIpc) is 3.40. The van der Waals surface area contributed by atoms with Crippen LogP contribution in [0.1, 0.15) is 34.0 Å². The van der Waals surface area contributed by atoms with Gasteiger partial charge < -0.3 is 20.4 Å². The summed E-state index contributed by atoms with van der Waals surface area (Å²) in [5, 5.41) is 5.77. The minimum Gasteiger partial charge on any atom is -0.346 e. The Hall–Kier alpha value is -3.92. The van der Waals surface area contributed by atoms with Crippen molar-refractivity contribution in [3.63, 3.8) is 0 Å². The maximum atomic E-state index is 14.4. The van der Waals surface area contributed by atoms with Crippen LogP contribution < -0.4 is 10.6 Å². The summed E-state index contributed by atoms with van der Waals surface area (Å²) in [5.41, 5.74) is 1.78. The number of hydrogen-bond acceptors (Lipinski definition) is 6. The lowest BCUT2D eigenvalue weighted by Crippen LogP contribution is -2.33. The third-order valence-corrected chi connectivity index (χ3v) is 6.50. The Balaban J connectivity index is 1.40. The Bertz CT molecular complexity index is 1310. The summed E-state index contributed by atoms with van der Waals surface area (Å²) >= 11 is 0. The third-order valence-electron chi connectivity index (χ3n) is 6.50. The second-order valence-corrected chi connectivity index (χ2v) is 9.21. The number of halogens is 2. The van der Waals surface area contributed by atoms with E-state index in [1.807, 2.05) is 31.1 Å². The molecule has 0 bridgehead atoms. The van der Waals surface area contributed by atoms with Gasteiger partial charge in [0, 0.05) is 25.3 Å². The molecular formula is C26H26F2N6O2. The maximum absolute atomic E-state index is 14.4. The molecule has 0 unspecified atom stereocenters. The number of amides is 2. The topological polar surface area (TPSA) is 90.5 Å². The van der Waals surface area contributed by atoms with E-state index in [2.05, 4.69) is 25.5 Å². The van der Waals surface area contributed by atoms with E-state index in [0.29, 0.717) is 17.9 Å². The first-order valence-electron chi connectivity index (χ1n) is 11.8. The number of aromatic nitrogens is 2. The molecule has 10 heteroatoms. The molecule has 2 aliphatic heterocycles. The molecule has 1 fully saturated rings. The molecule has 0 saturated carbocycles. The molecule has 3 heterocycles. The molecule has 1 saturated heterocycles. The first-order valence-corrected chi connectivity index (χ1v) is 11.8. The molecule has 2 N–H and O–H groups in total. The average molecular weight is 493 g/mol. The molecule has 5 rings (SSSR count). The van der Waals surface area contributed by atoms with E-state index in [0.717, 1.165) is 37.2 Å². The highest BCUT2D eigenvalue weighted by molar-refractivity contribution is 6.03. The number of anilines is 2. The van der Waals surface area contributed by atoms with Gasteiger partial charge in [0.1, 0.15) is 23.0 Å². The highest BCUT2D eigenvalue weighted by atomic mass is 19.1. The molecule has 8 nitrogen and oxygen atoms in total. The summed E-state index contributed by atoms with van der Waals surface area (Å²) in [6.45, 7) is 2.39. The summed E-state index contributed by atoms with van der Waals surface area (Å²) in [4.78, 5) is 37.8. The Morgan fingerprint density at radius 1 is 1.06 bits per heavy atom. The number of carbonyl (C=O) groups is 2. The number of likely N-dealkylation sites (N-methyl/N-ethyl adjacent to an activating group) is 1. The van der Waals surface area contributed by atoms with Crippen LogP contribution in [-0.2, 0) is 11.3 Å². The van der Waals surface area contributed by atoms with Gasteiger partial charge in [-0.2, -0.15) is 0 Å². The van der Waals surface area contributed by atoms with Crippen molar-refractivity contribution in [3.8, 4) is 11.4 Å². The lowest BCUT2D eigenvalue weighted by atomic mass is 9.97. The van der Waals surface area contributed by atoms with Crippen LogP contribution in [0.5, 0.6) is 0 Å². The number of likely N-dealkylation sites (tertiary alicyclic amines) is 1. The summed E-state index contributed by atoms with van der Waals surface area (Å²) in [5.74, 6) is -1.99. The van der Waals surface area contributed by atoms with E-state index in [-0.39, 0.29) is 47.0 Å². The summed E-state index contributed by atoms with van der Waals surface area (Å²) < 4.78 is 28.8. The van der Waals surface area contributed by atoms with Gasteiger partial charge in [0.15, 0.2) is 5.82 Å². The van der Waals surface area contributed by atoms with Crippen LogP contribution in [0.4, 0.5) is 20.3 Å². The van der Waals surface area contributed by atoms with Crippen molar-refractivity contribution in [1.82, 2.24) is 25.1 Å². The van der Waals surface area contributed by atoms with Crippen LogP contribution >= 0.6 is 0 Å². The van der Waals surface area contributed by atoms with Gasteiger partial charge in [-0.1, -0.05) is 18.2 Å². The van der Waals surface area contributed by atoms with E-state index in [1.54, 1.807) is 12.1 Å². The van der Waals surface area contributed by atoms with Gasteiger partial charge in [-0.25, -0.2) is 18.7 Å². The molecule has 1 atom stereocenters. The van der Waals surface area contributed by atoms with Gasteiger partial charge in [-0.15, -0.1) is 0 Å². The lowest BCUT2D eigenvalue weighted by Gasteiger charge is -2.19. The van der Waals surface area contributed by atoms with E-state index in [4.69, 9.17) is 0 Å². The van der Waals surface area contributed by atoms with Crippen molar-refractivity contribution in [2.24, 2.45) is 0 Å². The molecule has 36 heavy (non-hydrogen) atoms. The number of hydrogen-bond donors (Lipinski definition) is 2. The number of fused-ring (bicyclic) bond motifs is 1. The Kier molecular flexibility index (Phi) is 6.36. The number of nitrogens with zero attached hydrogens (tertiary/aromatic N) is 4. The Morgan fingerprint density at radius 2 is 1.78 bits per heavy atom. The van der Waals surface area contributed by atoms with E-state index in [9.17, 15) is 18.4 Å². The van der Waals surface area contributed by atoms with Crippen LogP contribution in [0.25, 0.3) is 11.4 Å². The predicted molar refractivity (Wildman–Crippen MR) is 131 cm³/mol. The largest absolute Gasteiger partial charge is 0.346 e. The summed E-state index contributed by atoms with van der Waals surface area (Å²) in [6.07, 6.45) is 0.760. The van der Waals surface area contributed by atoms with E-state index >= 15 is 0 Å². The minimum absolute atomic E-state index is 0.124. The molecule has 2 aromatic carbocycles. The van der Waals surface area contributed by atoms with Crippen LogP contribution in [0, 0.1) is 11.6 Å². The van der Waals surface area contributed by atoms with Crippen molar-refractivity contribution < 1.29 is 18.4 Å². The monoisotopic (exact) mass is 492 g/mol. The molecular weight excluding hydrogens is 466 g/mol. The van der Waals surface area contributed by atoms with Crippen molar-refractivity contribution in [1.29, 1.82) is 0 Å². The maximum Gasteiger partial charge on any atom is 0.257 e. The highest BCUT2D eigenvalue weighted by Crippen LogP contribution is 2.32. The normalized spacial score (nSPS) is 17.0. The second kappa shape index (κ2) is 9.62. The molecule has 2 aliphatic rings.